The lowest BCUT2D eigenvalue weighted by Gasteiger charge is -2.27. The first-order valence-corrected chi connectivity index (χ1v) is 7.03. The summed E-state index contributed by atoms with van der Waals surface area (Å²) in [5.74, 6) is -0.987. The molecule has 0 spiro atoms. The summed E-state index contributed by atoms with van der Waals surface area (Å²) in [6, 6.07) is 5.84. The standard InChI is InChI=1S/C15H20N2O4/c1-17(10-13-4-2-3-9-21-13)15(20)16-12-7-5-11(6-8-12)14(18)19/h5-8,13H,2-4,9-10H2,1H3,(H,16,20)(H,18,19). The molecular weight excluding hydrogens is 272 g/mol. The van der Waals surface area contributed by atoms with E-state index in [1.807, 2.05) is 0 Å². The van der Waals surface area contributed by atoms with E-state index in [2.05, 4.69) is 5.32 Å². The highest BCUT2D eigenvalue weighted by atomic mass is 16.5. The number of amides is 2. The predicted molar refractivity (Wildman–Crippen MR) is 78.6 cm³/mol. The number of carbonyl (C=O) groups excluding carboxylic acids is 1. The fraction of sp³-hybridized carbons (Fsp3) is 0.467. The average Bonchev–Trinajstić information content (AvgIpc) is 2.48. The molecule has 6 heteroatoms. The summed E-state index contributed by atoms with van der Waals surface area (Å²) in [5, 5.41) is 11.6. The topological polar surface area (TPSA) is 78.9 Å². The van der Waals surface area contributed by atoms with Crippen LogP contribution in [0.4, 0.5) is 10.5 Å². The van der Waals surface area contributed by atoms with Gasteiger partial charge in [-0.15, -0.1) is 0 Å². The van der Waals surface area contributed by atoms with Gasteiger partial charge in [-0.05, 0) is 43.5 Å². The Morgan fingerprint density at radius 3 is 2.62 bits per heavy atom. The number of carbonyl (C=O) groups is 2. The number of hydrogen-bond donors (Lipinski definition) is 2. The van der Waals surface area contributed by atoms with Crippen LogP contribution >= 0.6 is 0 Å². The largest absolute Gasteiger partial charge is 0.478 e. The van der Waals surface area contributed by atoms with Crippen molar-refractivity contribution in [2.75, 3.05) is 25.5 Å². The molecular formula is C15H20N2O4. The highest BCUT2D eigenvalue weighted by Gasteiger charge is 2.18. The number of ether oxygens (including phenoxy) is 1. The summed E-state index contributed by atoms with van der Waals surface area (Å²) in [7, 11) is 1.72. The molecule has 1 saturated heterocycles. The third kappa shape index (κ3) is 4.46. The predicted octanol–water partition coefficient (Wildman–Crippen LogP) is 2.42. The van der Waals surface area contributed by atoms with Crippen molar-refractivity contribution >= 4 is 17.7 Å². The number of nitrogens with zero attached hydrogens (tertiary/aromatic N) is 1. The van der Waals surface area contributed by atoms with Crippen molar-refractivity contribution < 1.29 is 19.4 Å². The fourth-order valence-corrected chi connectivity index (χ4v) is 2.25. The maximum Gasteiger partial charge on any atom is 0.335 e. The highest BCUT2D eigenvalue weighted by Crippen LogP contribution is 2.14. The quantitative estimate of drug-likeness (QED) is 0.893. The van der Waals surface area contributed by atoms with Gasteiger partial charge in [-0.25, -0.2) is 9.59 Å². The van der Waals surface area contributed by atoms with Crippen LogP contribution in [-0.2, 0) is 4.74 Å². The van der Waals surface area contributed by atoms with E-state index in [9.17, 15) is 9.59 Å². The van der Waals surface area contributed by atoms with E-state index in [4.69, 9.17) is 9.84 Å². The summed E-state index contributed by atoms with van der Waals surface area (Å²) in [5.41, 5.74) is 0.762. The molecule has 1 aliphatic heterocycles. The van der Waals surface area contributed by atoms with Gasteiger partial charge in [0.05, 0.1) is 11.7 Å². The van der Waals surface area contributed by atoms with Gasteiger partial charge < -0.3 is 20.1 Å². The molecule has 1 fully saturated rings. The molecule has 114 valence electrons. The van der Waals surface area contributed by atoms with Crippen LogP contribution < -0.4 is 5.32 Å². The van der Waals surface area contributed by atoms with E-state index in [1.165, 1.54) is 12.1 Å². The molecule has 1 unspecified atom stereocenters. The number of aromatic carboxylic acids is 1. The lowest BCUT2D eigenvalue weighted by molar-refractivity contribution is 0.00463. The maximum absolute atomic E-state index is 12.0. The molecule has 6 nitrogen and oxygen atoms in total. The highest BCUT2D eigenvalue weighted by molar-refractivity contribution is 5.91. The number of anilines is 1. The Kier molecular flexibility index (Phi) is 5.16. The molecule has 1 atom stereocenters. The second-order valence-electron chi connectivity index (χ2n) is 5.18. The third-order valence-corrected chi connectivity index (χ3v) is 3.48. The molecule has 0 aliphatic carbocycles. The van der Waals surface area contributed by atoms with Crippen LogP contribution in [0.2, 0.25) is 0 Å². The van der Waals surface area contributed by atoms with Crippen molar-refractivity contribution in [1.82, 2.24) is 4.90 Å². The normalized spacial score (nSPS) is 18.0. The van der Waals surface area contributed by atoms with Gasteiger partial charge >= 0.3 is 12.0 Å². The third-order valence-electron chi connectivity index (χ3n) is 3.48. The zero-order valence-corrected chi connectivity index (χ0v) is 12.0. The lowest BCUT2D eigenvalue weighted by atomic mass is 10.1. The fourth-order valence-electron chi connectivity index (χ4n) is 2.25. The number of hydrogen-bond acceptors (Lipinski definition) is 3. The Morgan fingerprint density at radius 2 is 2.05 bits per heavy atom. The first-order chi connectivity index (χ1) is 10.1. The van der Waals surface area contributed by atoms with Crippen molar-refractivity contribution in [3.05, 3.63) is 29.8 Å². The number of benzene rings is 1. The molecule has 2 amide bonds. The first-order valence-electron chi connectivity index (χ1n) is 7.03. The lowest BCUT2D eigenvalue weighted by Crippen LogP contribution is -2.39. The van der Waals surface area contributed by atoms with E-state index in [1.54, 1.807) is 24.1 Å². The number of carboxylic acids is 1. The molecule has 21 heavy (non-hydrogen) atoms. The van der Waals surface area contributed by atoms with Gasteiger partial charge in [-0.2, -0.15) is 0 Å². The van der Waals surface area contributed by atoms with Gasteiger partial charge in [0, 0.05) is 25.9 Å². The minimum absolute atomic E-state index is 0.101. The van der Waals surface area contributed by atoms with Crippen molar-refractivity contribution in [3.63, 3.8) is 0 Å². The minimum atomic E-state index is -0.987. The smallest absolute Gasteiger partial charge is 0.335 e. The summed E-state index contributed by atoms with van der Waals surface area (Å²) in [6.45, 7) is 1.32. The molecule has 1 heterocycles. The molecule has 0 radical (unpaired) electrons. The van der Waals surface area contributed by atoms with Gasteiger partial charge in [0.15, 0.2) is 0 Å². The molecule has 2 rings (SSSR count). The van der Waals surface area contributed by atoms with Gasteiger partial charge in [0.1, 0.15) is 0 Å². The van der Waals surface area contributed by atoms with E-state index in [0.29, 0.717) is 12.2 Å². The number of nitrogens with one attached hydrogen (secondary N) is 1. The van der Waals surface area contributed by atoms with Crippen molar-refractivity contribution in [3.8, 4) is 0 Å². The molecule has 1 aromatic carbocycles. The van der Waals surface area contributed by atoms with Crippen molar-refractivity contribution in [2.24, 2.45) is 0 Å². The van der Waals surface area contributed by atoms with Gasteiger partial charge in [0.25, 0.3) is 0 Å². The van der Waals surface area contributed by atoms with Crippen molar-refractivity contribution in [2.45, 2.75) is 25.4 Å². The van der Waals surface area contributed by atoms with Gasteiger partial charge in [0.2, 0.25) is 0 Å². The molecule has 0 aromatic heterocycles. The monoisotopic (exact) mass is 292 g/mol. The zero-order chi connectivity index (χ0) is 15.2. The van der Waals surface area contributed by atoms with Crippen molar-refractivity contribution in [1.29, 1.82) is 0 Å². The van der Waals surface area contributed by atoms with Crippen LogP contribution in [0.5, 0.6) is 0 Å². The van der Waals surface area contributed by atoms with Crippen LogP contribution in [0.1, 0.15) is 29.6 Å². The van der Waals surface area contributed by atoms with Crippen LogP contribution in [-0.4, -0.2) is 48.3 Å². The SMILES string of the molecule is CN(CC1CCCCO1)C(=O)Nc1ccc(C(=O)O)cc1. The van der Waals surface area contributed by atoms with Crippen LogP contribution in [0, 0.1) is 0 Å². The summed E-state index contributed by atoms with van der Waals surface area (Å²) in [6.07, 6.45) is 3.30. The van der Waals surface area contributed by atoms with E-state index >= 15 is 0 Å². The summed E-state index contributed by atoms with van der Waals surface area (Å²) in [4.78, 5) is 24.4. The summed E-state index contributed by atoms with van der Waals surface area (Å²) < 4.78 is 5.60. The average molecular weight is 292 g/mol. The first kappa shape index (κ1) is 15.3. The zero-order valence-electron chi connectivity index (χ0n) is 12.0. The second-order valence-corrected chi connectivity index (χ2v) is 5.18. The van der Waals surface area contributed by atoms with E-state index in [0.717, 1.165) is 25.9 Å². The molecule has 2 N–H and O–H groups in total. The Balaban J connectivity index is 1.86. The number of rotatable bonds is 4. The summed E-state index contributed by atoms with van der Waals surface area (Å²) >= 11 is 0. The van der Waals surface area contributed by atoms with E-state index < -0.39 is 5.97 Å². The second kappa shape index (κ2) is 7.08. The van der Waals surface area contributed by atoms with Crippen LogP contribution in [0.3, 0.4) is 0 Å². The molecule has 0 saturated carbocycles. The maximum atomic E-state index is 12.0. The van der Waals surface area contributed by atoms with E-state index in [-0.39, 0.29) is 17.7 Å². The Morgan fingerprint density at radius 1 is 1.33 bits per heavy atom. The number of carboxylic acid groups (broad SMARTS) is 1. The number of urea groups is 1. The molecule has 1 aliphatic rings. The molecule has 0 bridgehead atoms. The molecule has 1 aromatic rings. The van der Waals surface area contributed by atoms with Crippen LogP contribution in [0.15, 0.2) is 24.3 Å². The Bertz CT molecular complexity index is 495. The Labute approximate surface area is 123 Å². The van der Waals surface area contributed by atoms with Gasteiger partial charge in [-0.1, -0.05) is 0 Å². The minimum Gasteiger partial charge on any atom is -0.478 e. The Hall–Kier alpha value is -2.08. The number of likely N-dealkylation sites (N-methyl/N-ethyl adjacent to an activating group) is 1. The van der Waals surface area contributed by atoms with Gasteiger partial charge in [-0.3, -0.25) is 0 Å². The van der Waals surface area contributed by atoms with Crippen LogP contribution in [0.25, 0.3) is 0 Å².